The average Bonchev–Trinajstić information content (AvgIpc) is 2.66. The number of halogens is 1. The summed E-state index contributed by atoms with van der Waals surface area (Å²) in [7, 11) is 0. The summed E-state index contributed by atoms with van der Waals surface area (Å²) in [4.78, 5) is 13.4. The Balaban J connectivity index is 1.83. The van der Waals surface area contributed by atoms with Crippen LogP contribution in [-0.2, 0) is 4.79 Å². The van der Waals surface area contributed by atoms with E-state index in [1.165, 1.54) is 20.1 Å². The number of nitrogens with one attached hydrogen (secondary N) is 1. The first-order valence-electron chi connectivity index (χ1n) is 9.74. The maximum Gasteiger partial charge on any atom is 0.164 e. The molecule has 0 bridgehead atoms. The zero-order chi connectivity index (χ0) is 19.5. The topological polar surface area (TPSA) is 29.1 Å². The molecule has 2 nitrogen and oxygen atoms in total. The molecule has 1 N–H and O–H groups in total. The van der Waals surface area contributed by atoms with Crippen molar-refractivity contribution in [1.82, 2.24) is 0 Å². The van der Waals surface area contributed by atoms with E-state index in [1.807, 2.05) is 0 Å². The molecule has 1 aliphatic heterocycles. The van der Waals surface area contributed by atoms with Crippen LogP contribution in [0.15, 0.2) is 66.2 Å². The van der Waals surface area contributed by atoms with Gasteiger partial charge in [-0.25, -0.2) is 0 Å². The van der Waals surface area contributed by atoms with Crippen LogP contribution in [0.5, 0.6) is 0 Å². The van der Waals surface area contributed by atoms with Crippen LogP contribution in [0.3, 0.4) is 0 Å². The summed E-state index contributed by atoms with van der Waals surface area (Å²) in [5.74, 6) is 0.279. The molecule has 0 radical (unpaired) electrons. The zero-order valence-electron chi connectivity index (χ0n) is 16.1. The van der Waals surface area contributed by atoms with Gasteiger partial charge in [-0.1, -0.05) is 62.4 Å². The van der Waals surface area contributed by atoms with Crippen LogP contribution in [-0.4, -0.2) is 5.78 Å². The number of Topliss-reactive ketones (excluding diaryl/α,β-unsaturated/α-hetero) is 1. The van der Waals surface area contributed by atoms with Crippen molar-refractivity contribution in [2.24, 2.45) is 5.41 Å². The zero-order valence-corrected chi connectivity index (χ0v) is 18.2. The number of carbonyl (C=O) groups is 1. The molecular weight excluding hydrogens is 457 g/mol. The minimum Gasteiger partial charge on any atom is -0.374 e. The standard InChI is InChI=1S/C25H22INO/c1-25(2)13-18-23(21(28)14-25)22-16-8-4-3-7-15(16)11-12-20(22)27-24(18)17-9-5-6-10-19(17)26/h3-12,24,27H,13-14H2,1-2H3/t24-/m1/s1. The van der Waals surface area contributed by atoms with Crippen molar-refractivity contribution in [3.05, 3.63) is 80.9 Å². The van der Waals surface area contributed by atoms with Crippen LogP contribution in [0, 0.1) is 8.99 Å². The van der Waals surface area contributed by atoms with Crippen LogP contribution in [0.1, 0.15) is 43.9 Å². The molecular formula is C25H22INO. The fourth-order valence-corrected chi connectivity index (χ4v) is 5.49. The third kappa shape index (κ3) is 2.79. The summed E-state index contributed by atoms with van der Waals surface area (Å²) in [5, 5.41) is 6.13. The van der Waals surface area contributed by atoms with E-state index >= 15 is 0 Å². The predicted octanol–water partition coefficient (Wildman–Crippen LogP) is 6.75. The van der Waals surface area contributed by atoms with E-state index < -0.39 is 0 Å². The maximum atomic E-state index is 13.4. The Kier molecular flexibility index (Phi) is 4.13. The first-order valence-corrected chi connectivity index (χ1v) is 10.8. The molecule has 0 spiro atoms. The van der Waals surface area contributed by atoms with Gasteiger partial charge in [0, 0.05) is 26.8 Å². The molecule has 1 aliphatic carbocycles. The molecule has 28 heavy (non-hydrogen) atoms. The summed E-state index contributed by atoms with van der Waals surface area (Å²) >= 11 is 2.41. The smallest absolute Gasteiger partial charge is 0.164 e. The van der Waals surface area contributed by atoms with Crippen molar-refractivity contribution in [2.75, 3.05) is 5.32 Å². The van der Waals surface area contributed by atoms with Gasteiger partial charge in [-0.15, -0.1) is 0 Å². The van der Waals surface area contributed by atoms with Gasteiger partial charge in [0.15, 0.2) is 5.78 Å². The fraction of sp³-hybridized carbons (Fsp3) is 0.240. The predicted molar refractivity (Wildman–Crippen MR) is 124 cm³/mol. The number of rotatable bonds is 1. The minimum absolute atomic E-state index is 0.0157. The maximum absolute atomic E-state index is 13.4. The molecule has 3 aromatic rings. The Morgan fingerprint density at radius 1 is 0.964 bits per heavy atom. The van der Waals surface area contributed by atoms with E-state index in [0.717, 1.165) is 28.6 Å². The van der Waals surface area contributed by atoms with Crippen molar-refractivity contribution in [3.63, 3.8) is 0 Å². The van der Waals surface area contributed by atoms with Gasteiger partial charge in [0.05, 0.1) is 6.04 Å². The Labute approximate surface area is 179 Å². The average molecular weight is 479 g/mol. The van der Waals surface area contributed by atoms with Gasteiger partial charge in [0.25, 0.3) is 0 Å². The van der Waals surface area contributed by atoms with Gasteiger partial charge in [-0.3, -0.25) is 4.79 Å². The molecule has 0 fully saturated rings. The van der Waals surface area contributed by atoms with Gasteiger partial charge < -0.3 is 5.32 Å². The van der Waals surface area contributed by atoms with Gasteiger partial charge >= 0.3 is 0 Å². The lowest BCUT2D eigenvalue weighted by Crippen LogP contribution is -2.32. The number of carbonyl (C=O) groups excluding carboxylic acids is 1. The first-order chi connectivity index (χ1) is 13.4. The van der Waals surface area contributed by atoms with Crippen LogP contribution >= 0.6 is 22.6 Å². The number of ketones is 1. The highest BCUT2D eigenvalue weighted by atomic mass is 127. The molecule has 3 aromatic carbocycles. The summed E-state index contributed by atoms with van der Waals surface area (Å²) in [6.07, 6.45) is 1.53. The summed E-state index contributed by atoms with van der Waals surface area (Å²) < 4.78 is 1.23. The molecule has 0 saturated carbocycles. The highest BCUT2D eigenvalue weighted by Gasteiger charge is 2.40. The number of hydrogen-bond donors (Lipinski definition) is 1. The molecule has 1 heterocycles. The lowest BCUT2D eigenvalue weighted by Gasteiger charge is -2.40. The van der Waals surface area contributed by atoms with E-state index in [2.05, 4.69) is 102 Å². The quantitative estimate of drug-likeness (QED) is 0.391. The highest BCUT2D eigenvalue weighted by molar-refractivity contribution is 14.1. The van der Waals surface area contributed by atoms with Gasteiger partial charge in [0.2, 0.25) is 0 Å². The van der Waals surface area contributed by atoms with Crippen molar-refractivity contribution < 1.29 is 4.79 Å². The summed E-state index contributed by atoms with van der Waals surface area (Å²) in [6, 6.07) is 21.2. The Morgan fingerprint density at radius 3 is 2.54 bits per heavy atom. The second-order valence-electron chi connectivity index (χ2n) is 8.65. The second kappa shape index (κ2) is 6.45. The lowest BCUT2D eigenvalue weighted by atomic mass is 9.68. The highest BCUT2D eigenvalue weighted by Crippen LogP contribution is 2.52. The monoisotopic (exact) mass is 479 g/mol. The number of anilines is 1. The molecule has 0 aromatic heterocycles. The molecule has 140 valence electrons. The van der Waals surface area contributed by atoms with E-state index in [4.69, 9.17) is 0 Å². The number of benzene rings is 3. The van der Waals surface area contributed by atoms with Crippen LogP contribution in [0.4, 0.5) is 5.69 Å². The number of fused-ring (bicyclic) bond motifs is 4. The third-order valence-electron chi connectivity index (χ3n) is 5.95. The number of allylic oxidation sites excluding steroid dienone is 1. The van der Waals surface area contributed by atoms with Gasteiger partial charge in [0.1, 0.15) is 0 Å². The molecule has 0 saturated heterocycles. The van der Waals surface area contributed by atoms with Crippen molar-refractivity contribution in [2.45, 2.75) is 32.7 Å². The van der Waals surface area contributed by atoms with Crippen LogP contribution in [0.25, 0.3) is 16.3 Å². The van der Waals surface area contributed by atoms with E-state index in [1.54, 1.807) is 0 Å². The fourth-order valence-electron chi connectivity index (χ4n) is 4.79. The Hall–Kier alpha value is -2.14. The molecule has 2 aliphatic rings. The minimum atomic E-state index is -0.0157. The van der Waals surface area contributed by atoms with E-state index in [0.29, 0.717) is 6.42 Å². The van der Waals surface area contributed by atoms with E-state index in [-0.39, 0.29) is 17.2 Å². The van der Waals surface area contributed by atoms with Crippen LogP contribution < -0.4 is 5.32 Å². The summed E-state index contributed by atoms with van der Waals surface area (Å²) in [6.45, 7) is 4.42. The summed E-state index contributed by atoms with van der Waals surface area (Å²) in [5.41, 5.74) is 5.59. The molecule has 1 atom stereocenters. The Bertz CT molecular complexity index is 1160. The molecule has 0 unspecified atom stereocenters. The first kappa shape index (κ1) is 17.9. The molecule has 3 heteroatoms. The molecule has 5 rings (SSSR count). The second-order valence-corrected chi connectivity index (χ2v) is 9.81. The SMILES string of the molecule is CC1(C)CC(=O)C2=C(C1)[C@@H](c1ccccc1I)Nc1ccc3ccccc3c12. The largest absolute Gasteiger partial charge is 0.374 e. The number of hydrogen-bond acceptors (Lipinski definition) is 2. The van der Waals surface area contributed by atoms with Crippen molar-refractivity contribution in [3.8, 4) is 0 Å². The van der Waals surface area contributed by atoms with Gasteiger partial charge in [-0.2, -0.15) is 0 Å². The lowest BCUT2D eigenvalue weighted by molar-refractivity contribution is -0.116. The van der Waals surface area contributed by atoms with Crippen LogP contribution in [0.2, 0.25) is 0 Å². The normalized spacial score (nSPS) is 20.5. The third-order valence-corrected chi connectivity index (χ3v) is 6.93. The van der Waals surface area contributed by atoms with Gasteiger partial charge in [-0.05, 0) is 68.5 Å². The molecule has 0 amide bonds. The van der Waals surface area contributed by atoms with E-state index in [9.17, 15) is 4.79 Å². The van der Waals surface area contributed by atoms with Crippen molar-refractivity contribution in [1.29, 1.82) is 0 Å². The Morgan fingerprint density at radius 2 is 1.71 bits per heavy atom. The van der Waals surface area contributed by atoms with Crippen molar-refractivity contribution >= 4 is 50.4 Å².